The van der Waals surface area contributed by atoms with Gasteiger partial charge in [-0.25, -0.2) is 9.78 Å². The van der Waals surface area contributed by atoms with Gasteiger partial charge in [0.05, 0.1) is 19.1 Å². The van der Waals surface area contributed by atoms with Crippen molar-refractivity contribution >= 4 is 29.6 Å². The SMILES string of the molecule is COC(=O)CC1(Nc2nc(Cl)cc(OCCOc3ccccc3)n2)CCN(C(=O)OCc2ccccc2)CC1. The van der Waals surface area contributed by atoms with Crippen molar-refractivity contribution in [2.24, 2.45) is 0 Å². The smallest absolute Gasteiger partial charge is 0.410 e. The molecule has 1 aliphatic rings. The van der Waals surface area contributed by atoms with E-state index in [-0.39, 0.29) is 42.6 Å². The monoisotopic (exact) mass is 554 g/mol. The van der Waals surface area contributed by atoms with Gasteiger partial charge in [-0.15, -0.1) is 0 Å². The Hall–Kier alpha value is -4.05. The first-order valence-corrected chi connectivity index (χ1v) is 13.0. The number of piperidine rings is 1. The van der Waals surface area contributed by atoms with Gasteiger partial charge in [-0.3, -0.25) is 4.79 Å². The molecule has 1 saturated heterocycles. The second kappa shape index (κ2) is 13.7. The van der Waals surface area contributed by atoms with Crippen molar-refractivity contribution in [1.29, 1.82) is 0 Å². The van der Waals surface area contributed by atoms with E-state index >= 15 is 0 Å². The number of rotatable bonds is 11. The van der Waals surface area contributed by atoms with Gasteiger partial charge < -0.3 is 29.2 Å². The number of ether oxygens (including phenoxy) is 4. The zero-order chi connectivity index (χ0) is 27.5. The first-order chi connectivity index (χ1) is 18.9. The van der Waals surface area contributed by atoms with Crippen LogP contribution in [-0.4, -0.2) is 65.9 Å². The number of methoxy groups -OCH3 is 1. The molecule has 3 aromatic rings. The molecule has 1 N–H and O–H groups in total. The Morgan fingerprint density at radius 3 is 2.33 bits per heavy atom. The molecule has 39 heavy (non-hydrogen) atoms. The fourth-order valence-corrected chi connectivity index (χ4v) is 4.38. The molecule has 0 spiro atoms. The number of para-hydroxylation sites is 1. The van der Waals surface area contributed by atoms with Crippen molar-refractivity contribution in [3.8, 4) is 11.6 Å². The Labute approximate surface area is 232 Å². The lowest BCUT2D eigenvalue weighted by Crippen LogP contribution is -2.52. The molecule has 11 heteroatoms. The largest absolute Gasteiger partial charge is 0.490 e. The number of nitrogens with one attached hydrogen (secondary N) is 1. The minimum Gasteiger partial charge on any atom is -0.490 e. The van der Waals surface area contributed by atoms with E-state index < -0.39 is 11.6 Å². The summed E-state index contributed by atoms with van der Waals surface area (Å²) in [6, 6.07) is 20.4. The van der Waals surface area contributed by atoms with Crippen molar-refractivity contribution in [3.05, 3.63) is 77.4 Å². The number of aromatic nitrogens is 2. The van der Waals surface area contributed by atoms with Gasteiger partial charge in [0.15, 0.2) is 0 Å². The molecular weight excluding hydrogens is 524 g/mol. The Morgan fingerprint density at radius 1 is 0.974 bits per heavy atom. The summed E-state index contributed by atoms with van der Waals surface area (Å²) in [5.74, 6) is 0.832. The number of hydrogen-bond acceptors (Lipinski definition) is 9. The molecule has 0 unspecified atom stereocenters. The molecule has 0 bridgehead atoms. The van der Waals surface area contributed by atoms with Crippen LogP contribution in [0, 0.1) is 0 Å². The number of amides is 1. The van der Waals surface area contributed by atoms with Gasteiger partial charge in [0, 0.05) is 19.2 Å². The number of carbonyl (C=O) groups is 2. The van der Waals surface area contributed by atoms with Gasteiger partial charge >= 0.3 is 12.1 Å². The zero-order valence-corrected chi connectivity index (χ0v) is 22.4. The quantitative estimate of drug-likeness (QED) is 0.204. The number of benzene rings is 2. The van der Waals surface area contributed by atoms with E-state index in [1.54, 1.807) is 4.90 Å². The Balaban J connectivity index is 1.35. The fraction of sp³-hybridized carbons (Fsp3) is 0.357. The Morgan fingerprint density at radius 2 is 1.64 bits per heavy atom. The predicted octanol–water partition coefficient (Wildman–Crippen LogP) is 4.73. The maximum absolute atomic E-state index is 12.6. The van der Waals surface area contributed by atoms with Crippen molar-refractivity contribution in [3.63, 3.8) is 0 Å². The highest BCUT2D eigenvalue weighted by Crippen LogP contribution is 2.31. The third-order valence-corrected chi connectivity index (χ3v) is 6.48. The molecule has 10 nitrogen and oxygen atoms in total. The van der Waals surface area contributed by atoms with Crippen LogP contribution in [0.1, 0.15) is 24.8 Å². The standard InChI is InChI=1S/C28H31ClN4O6/c1-36-25(34)19-28(12-14-33(15-13-28)27(35)39-20-21-8-4-2-5-9-21)32-26-30-23(29)18-24(31-26)38-17-16-37-22-10-6-3-7-11-22/h2-11,18H,12-17,19-20H2,1H3,(H,30,31,32). The van der Waals surface area contributed by atoms with Crippen molar-refractivity contribution in [1.82, 2.24) is 14.9 Å². The lowest BCUT2D eigenvalue weighted by Gasteiger charge is -2.41. The first-order valence-electron chi connectivity index (χ1n) is 12.6. The number of esters is 1. The van der Waals surface area contributed by atoms with Gasteiger partial charge in [-0.05, 0) is 30.5 Å². The second-order valence-electron chi connectivity index (χ2n) is 9.05. The Kier molecular flexibility index (Phi) is 9.80. The maximum Gasteiger partial charge on any atom is 0.410 e. The van der Waals surface area contributed by atoms with E-state index in [0.29, 0.717) is 32.5 Å². The summed E-state index contributed by atoms with van der Waals surface area (Å²) in [4.78, 5) is 35.3. The van der Waals surface area contributed by atoms with Crippen LogP contribution < -0.4 is 14.8 Å². The van der Waals surface area contributed by atoms with Gasteiger partial charge in [-0.2, -0.15) is 4.98 Å². The molecule has 1 fully saturated rings. The summed E-state index contributed by atoms with van der Waals surface area (Å²) in [5, 5.41) is 3.46. The molecule has 0 atom stereocenters. The Bertz CT molecular complexity index is 1220. The van der Waals surface area contributed by atoms with Crippen molar-refractivity contribution < 1.29 is 28.5 Å². The maximum atomic E-state index is 12.6. The van der Waals surface area contributed by atoms with Crippen LogP contribution in [0.5, 0.6) is 11.6 Å². The summed E-state index contributed by atoms with van der Waals surface area (Å²) in [6.07, 6.45) is 0.546. The first kappa shape index (κ1) is 28.0. The molecular formula is C28H31ClN4O6. The molecule has 0 saturated carbocycles. The summed E-state index contributed by atoms with van der Waals surface area (Å²) in [7, 11) is 1.34. The van der Waals surface area contributed by atoms with E-state index in [4.69, 9.17) is 30.5 Å². The molecule has 0 radical (unpaired) electrons. The van der Waals surface area contributed by atoms with Crippen LogP contribution in [0.15, 0.2) is 66.7 Å². The number of halogens is 1. The van der Waals surface area contributed by atoms with Crippen molar-refractivity contribution in [2.75, 3.05) is 38.7 Å². The fourth-order valence-electron chi connectivity index (χ4n) is 4.21. The van der Waals surface area contributed by atoms with Crippen LogP contribution in [-0.2, 0) is 20.9 Å². The molecule has 0 aliphatic carbocycles. The summed E-state index contributed by atoms with van der Waals surface area (Å²) in [6.45, 7) is 1.50. The van der Waals surface area contributed by atoms with Crippen molar-refractivity contribution in [2.45, 2.75) is 31.4 Å². The molecule has 1 aliphatic heterocycles. The number of anilines is 1. The van der Waals surface area contributed by atoms with Crippen LogP contribution in [0.25, 0.3) is 0 Å². The summed E-state index contributed by atoms with van der Waals surface area (Å²) >= 11 is 6.24. The average Bonchev–Trinajstić information content (AvgIpc) is 2.95. The molecule has 2 heterocycles. The minimum atomic E-state index is -0.748. The summed E-state index contributed by atoms with van der Waals surface area (Å²) in [5.41, 5.74) is 0.161. The van der Waals surface area contributed by atoms with Crippen LogP contribution in [0.4, 0.5) is 10.7 Å². The third-order valence-electron chi connectivity index (χ3n) is 6.29. The summed E-state index contributed by atoms with van der Waals surface area (Å²) < 4.78 is 21.8. The van der Waals surface area contributed by atoms with Crippen LogP contribution >= 0.6 is 11.6 Å². The number of nitrogens with zero attached hydrogens (tertiary/aromatic N) is 3. The number of likely N-dealkylation sites (tertiary alicyclic amines) is 1. The van der Waals surface area contributed by atoms with Gasteiger partial charge in [0.1, 0.15) is 30.7 Å². The van der Waals surface area contributed by atoms with Crippen LogP contribution in [0.2, 0.25) is 5.15 Å². The van der Waals surface area contributed by atoms with E-state index in [2.05, 4.69) is 15.3 Å². The normalized spacial score (nSPS) is 14.3. The van der Waals surface area contributed by atoms with Gasteiger partial charge in [-0.1, -0.05) is 60.1 Å². The van der Waals surface area contributed by atoms with E-state index in [1.165, 1.54) is 13.2 Å². The topological polar surface area (TPSA) is 112 Å². The lowest BCUT2D eigenvalue weighted by atomic mass is 9.84. The highest BCUT2D eigenvalue weighted by atomic mass is 35.5. The number of carbonyl (C=O) groups excluding carboxylic acids is 2. The molecule has 1 amide bonds. The molecule has 2 aromatic carbocycles. The highest BCUT2D eigenvalue weighted by molar-refractivity contribution is 6.29. The van der Waals surface area contributed by atoms with Gasteiger partial charge in [0.2, 0.25) is 11.8 Å². The van der Waals surface area contributed by atoms with E-state index in [9.17, 15) is 9.59 Å². The van der Waals surface area contributed by atoms with E-state index in [1.807, 2.05) is 60.7 Å². The lowest BCUT2D eigenvalue weighted by molar-refractivity contribution is -0.142. The minimum absolute atomic E-state index is 0.0629. The zero-order valence-electron chi connectivity index (χ0n) is 21.7. The van der Waals surface area contributed by atoms with E-state index in [0.717, 1.165) is 11.3 Å². The second-order valence-corrected chi connectivity index (χ2v) is 9.44. The average molecular weight is 555 g/mol. The predicted molar refractivity (Wildman–Crippen MR) is 145 cm³/mol. The molecule has 206 valence electrons. The molecule has 4 rings (SSSR count). The third kappa shape index (κ3) is 8.47. The number of hydrogen-bond donors (Lipinski definition) is 1. The van der Waals surface area contributed by atoms with Crippen LogP contribution in [0.3, 0.4) is 0 Å². The highest BCUT2D eigenvalue weighted by Gasteiger charge is 2.39. The molecule has 1 aromatic heterocycles. The van der Waals surface area contributed by atoms with Gasteiger partial charge in [0.25, 0.3) is 0 Å².